The lowest BCUT2D eigenvalue weighted by Gasteiger charge is -2.12. The zero-order chi connectivity index (χ0) is 12.4. The lowest BCUT2D eigenvalue weighted by molar-refractivity contribution is 0.689. The monoisotopic (exact) mass is 237 g/mol. The molecular weight excluding hydrogens is 218 g/mol. The number of hydrogen-bond donors (Lipinski definition) is 1. The summed E-state index contributed by atoms with van der Waals surface area (Å²) in [6.45, 7) is 3.16. The van der Waals surface area contributed by atoms with Crippen LogP contribution in [0.15, 0.2) is 48.5 Å². The predicted molar refractivity (Wildman–Crippen MR) is 76.5 cm³/mol. The highest BCUT2D eigenvalue weighted by Gasteiger charge is 2.20. The third kappa shape index (κ3) is 2.46. The van der Waals surface area contributed by atoms with E-state index < -0.39 is 0 Å². The Bertz CT molecular complexity index is 541. The van der Waals surface area contributed by atoms with E-state index in [4.69, 9.17) is 0 Å². The summed E-state index contributed by atoms with van der Waals surface area (Å²) < 4.78 is 0. The van der Waals surface area contributed by atoms with Gasteiger partial charge in [-0.15, -0.1) is 0 Å². The molecule has 0 saturated heterocycles. The Balaban J connectivity index is 1.92. The molecule has 18 heavy (non-hydrogen) atoms. The van der Waals surface area contributed by atoms with Crippen molar-refractivity contribution >= 4 is 0 Å². The number of rotatable bonds is 4. The third-order valence-electron chi connectivity index (χ3n) is 3.61. The average Bonchev–Trinajstić information content (AvgIpc) is 3.22. The lowest BCUT2D eigenvalue weighted by Crippen LogP contribution is -2.15. The van der Waals surface area contributed by atoms with Crippen molar-refractivity contribution in [2.75, 3.05) is 0 Å². The molecule has 1 heteroatoms. The first kappa shape index (κ1) is 11.5. The van der Waals surface area contributed by atoms with Gasteiger partial charge in [-0.2, -0.15) is 0 Å². The molecule has 0 aromatic heterocycles. The van der Waals surface area contributed by atoms with Gasteiger partial charge in [-0.05, 0) is 42.0 Å². The molecule has 0 radical (unpaired) electrons. The summed E-state index contributed by atoms with van der Waals surface area (Å²) in [4.78, 5) is 0. The molecule has 0 aliphatic heterocycles. The third-order valence-corrected chi connectivity index (χ3v) is 3.61. The fraction of sp³-hybridized carbons (Fsp3) is 0.294. The molecule has 1 fully saturated rings. The highest BCUT2D eigenvalue weighted by Crippen LogP contribution is 2.27. The maximum absolute atomic E-state index is 3.60. The topological polar surface area (TPSA) is 12.0 Å². The second kappa shape index (κ2) is 4.95. The van der Waals surface area contributed by atoms with E-state index in [0.29, 0.717) is 0 Å². The molecule has 0 spiro atoms. The van der Waals surface area contributed by atoms with Crippen LogP contribution in [0.4, 0.5) is 0 Å². The Hall–Kier alpha value is -1.60. The summed E-state index contributed by atoms with van der Waals surface area (Å²) in [7, 11) is 0. The van der Waals surface area contributed by atoms with Crippen LogP contribution in [0.2, 0.25) is 0 Å². The van der Waals surface area contributed by atoms with Gasteiger partial charge in [-0.1, -0.05) is 48.5 Å². The Morgan fingerprint density at radius 1 is 0.944 bits per heavy atom. The van der Waals surface area contributed by atoms with Crippen molar-refractivity contribution in [3.05, 3.63) is 59.7 Å². The number of nitrogens with one attached hydrogen (secondary N) is 1. The van der Waals surface area contributed by atoms with E-state index >= 15 is 0 Å². The lowest BCUT2D eigenvalue weighted by atomic mass is 9.96. The van der Waals surface area contributed by atoms with Crippen molar-refractivity contribution in [1.82, 2.24) is 5.32 Å². The Morgan fingerprint density at radius 3 is 2.33 bits per heavy atom. The molecule has 2 aromatic carbocycles. The van der Waals surface area contributed by atoms with Crippen LogP contribution in [0.3, 0.4) is 0 Å². The summed E-state index contributed by atoms with van der Waals surface area (Å²) in [5, 5.41) is 3.60. The van der Waals surface area contributed by atoms with Crippen molar-refractivity contribution in [3.8, 4) is 11.1 Å². The van der Waals surface area contributed by atoms with Gasteiger partial charge in [0.2, 0.25) is 0 Å². The van der Waals surface area contributed by atoms with Gasteiger partial charge in [-0.25, -0.2) is 0 Å². The Kier molecular flexibility index (Phi) is 3.16. The SMILES string of the molecule is Cc1ccccc1-c1ccccc1CNC1CC1. The minimum Gasteiger partial charge on any atom is -0.310 e. The minimum absolute atomic E-state index is 0.759. The smallest absolute Gasteiger partial charge is 0.0214 e. The van der Waals surface area contributed by atoms with Gasteiger partial charge in [0.25, 0.3) is 0 Å². The van der Waals surface area contributed by atoms with Crippen LogP contribution in [-0.4, -0.2) is 6.04 Å². The van der Waals surface area contributed by atoms with Crippen LogP contribution in [0.1, 0.15) is 24.0 Å². The maximum Gasteiger partial charge on any atom is 0.0214 e. The van der Waals surface area contributed by atoms with Gasteiger partial charge in [-0.3, -0.25) is 0 Å². The predicted octanol–water partition coefficient (Wildman–Crippen LogP) is 3.91. The molecule has 2 aromatic rings. The molecule has 92 valence electrons. The van der Waals surface area contributed by atoms with Crippen LogP contribution >= 0.6 is 0 Å². The van der Waals surface area contributed by atoms with Gasteiger partial charge in [0.05, 0.1) is 0 Å². The van der Waals surface area contributed by atoms with Gasteiger partial charge in [0.1, 0.15) is 0 Å². The number of aryl methyl sites for hydroxylation is 1. The van der Waals surface area contributed by atoms with E-state index in [1.807, 2.05) is 0 Å². The van der Waals surface area contributed by atoms with Crippen LogP contribution < -0.4 is 5.32 Å². The highest BCUT2D eigenvalue weighted by atomic mass is 14.9. The molecule has 0 atom stereocenters. The average molecular weight is 237 g/mol. The normalized spacial score (nSPS) is 14.7. The second-order valence-corrected chi connectivity index (χ2v) is 5.13. The molecule has 0 unspecified atom stereocenters. The summed E-state index contributed by atoms with van der Waals surface area (Å²) in [5.74, 6) is 0. The van der Waals surface area contributed by atoms with Crippen molar-refractivity contribution in [2.45, 2.75) is 32.4 Å². The van der Waals surface area contributed by atoms with E-state index in [9.17, 15) is 0 Å². The zero-order valence-corrected chi connectivity index (χ0v) is 10.8. The highest BCUT2D eigenvalue weighted by molar-refractivity contribution is 5.70. The minimum atomic E-state index is 0.759. The molecule has 1 N–H and O–H groups in total. The zero-order valence-electron chi connectivity index (χ0n) is 10.8. The number of benzene rings is 2. The van der Waals surface area contributed by atoms with Crippen molar-refractivity contribution in [3.63, 3.8) is 0 Å². The van der Waals surface area contributed by atoms with Crippen LogP contribution in [-0.2, 0) is 6.54 Å². The van der Waals surface area contributed by atoms with E-state index in [0.717, 1.165) is 12.6 Å². The van der Waals surface area contributed by atoms with E-state index in [1.54, 1.807) is 0 Å². The van der Waals surface area contributed by atoms with E-state index in [-0.39, 0.29) is 0 Å². The first-order chi connectivity index (χ1) is 8.84. The van der Waals surface area contributed by atoms with Crippen molar-refractivity contribution < 1.29 is 0 Å². The summed E-state index contributed by atoms with van der Waals surface area (Å²) in [6, 6.07) is 18.1. The summed E-state index contributed by atoms with van der Waals surface area (Å²) in [6.07, 6.45) is 2.68. The molecule has 1 nitrogen and oxygen atoms in total. The van der Waals surface area contributed by atoms with E-state index in [2.05, 4.69) is 60.8 Å². The first-order valence-corrected chi connectivity index (χ1v) is 6.72. The Morgan fingerprint density at radius 2 is 1.61 bits per heavy atom. The van der Waals surface area contributed by atoms with Crippen molar-refractivity contribution in [2.24, 2.45) is 0 Å². The molecule has 0 heterocycles. The first-order valence-electron chi connectivity index (χ1n) is 6.72. The molecule has 3 rings (SSSR count). The molecule has 0 amide bonds. The molecule has 1 aliphatic rings. The molecule has 1 saturated carbocycles. The molecule has 1 aliphatic carbocycles. The quantitative estimate of drug-likeness (QED) is 0.850. The second-order valence-electron chi connectivity index (χ2n) is 5.13. The van der Waals surface area contributed by atoms with Gasteiger partial charge < -0.3 is 5.32 Å². The fourth-order valence-corrected chi connectivity index (χ4v) is 2.35. The Labute approximate surface area is 109 Å². The summed E-state index contributed by atoms with van der Waals surface area (Å²) in [5.41, 5.74) is 5.46. The van der Waals surface area contributed by atoms with Crippen LogP contribution in [0.5, 0.6) is 0 Å². The summed E-state index contributed by atoms with van der Waals surface area (Å²) >= 11 is 0. The number of hydrogen-bond acceptors (Lipinski definition) is 1. The molecule has 0 bridgehead atoms. The largest absolute Gasteiger partial charge is 0.310 e. The van der Waals surface area contributed by atoms with Crippen LogP contribution in [0, 0.1) is 6.92 Å². The van der Waals surface area contributed by atoms with Crippen LogP contribution in [0.25, 0.3) is 11.1 Å². The van der Waals surface area contributed by atoms with E-state index in [1.165, 1.54) is 35.1 Å². The van der Waals surface area contributed by atoms with Gasteiger partial charge in [0, 0.05) is 12.6 Å². The maximum atomic E-state index is 3.60. The van der Waals surface area contributed by atoms with Gasteiger partial charge >= 0.3 is 0 Å². The standard InChI is InChI=1S/C17H19N/c1-13-6-2-4-8-16(13)17-9-5-3-7-14(17)12-18-15-10-11-15/h2-9,15,18H,10-12H2,1H3. The molecular formula is C17H19N. The van der Waals surface area contributed by atoms with Gasteiger partial charge in [0.15, 0.2) is 0 Å². The van der Waals surface area contributed by atoms with Crippen molar-refractivity contribution in [1.29, 1.82) is 0 Å². The fourth-order valence-electron chi connectivity index (χ4n) is 2.35.